The van der Waals surface area contributed by atoms with Crippen molar-refractivity contribution in [1.82, 2.24) is 8.75 Å². The van der Waals surface area contributed by atoms with Crippen LogP contribution in [0.4, 0.5) is 0 Å². The number of aromatic nitrogens is 2. The van der Waals surface area contributed by atoms with E-state index in [1.807, 2.05) is 18.4 Å². The first-order chi connectivity index (χ1) is 5.79. The molecule has 0 aliphatic carbocycles. The van der Waals surface area contributed by atoms with Gasteiger partial charge in [0.05, 0.1) is 11.4 Å². The second kappa shape index (κ2) is 3.24. The van der Waals surface area contributed by atoms with E-state index in [4.69, 9.17) is 0 Å². The molecule has 2 heterocycles. The van der Waals surface area contributed by atoms with Gasteiger partial charge in [-0.1, -0.05) is 0 Å². The third kappa shape index (κ3) is 1.32. The van der Waals surface area contributed by atoms with Crippen molar-refractivity contribution in [3.63, 3.8) is 0 Å². The topological polar surface area (TPSA) is 25.8 Å². The number of nitrogens with zero attached hydrogens (tertiary/aromatic N) is 2. The van der Waals surface area contributed by atoms with Crippen LogP contribution in [0.1, 0.15) is 5.69 Å². The highest BCUT2D eigenvalue weighted by atomic mass is 79.9. The number of halogens is 1. The summed E-state index contributed by atoms with van der Waals surface area (Å²) in [5.41, 5.74) is 3.18. The van der Waals surface area contributed by atoms with Gasteiger partial charge in [-0.3, -0.25) is 0 Å². The van der Waals surface area contributed by atoms with E-state index < -0.39 is 0 Å². The summed E-state index contributed by atoms with van der Waals surface area (Å²) >= 11 is 6.38. The van der Waals surface area contributed by atoms with E-state index in [-0.39, 0.29) is 0 Å². The van der Waals surface area contributed by atoms with Crippen LogP contribution in [-0.4, -0.2) is 8.75 Å². The highest BCUT2D eigenvalue weighted by molar-refractivity contribution is 9.11. The zero-order valence-electron chi connectivity index (χ0n) is 6.24. The Kier molecular flexibility index (Phi) is 2.25. The van der Waals surface area contributed by atoms with Gasteiger partial charge < -0.3 is 0 Å². The van der Waals surface area contributed by atoms with Crippen molar-refractivity contribution >= 4 is 39.0 Å². The van der Waals surface area contributed by atoms with Gasteiger partial charge in [0.1, 0.15) is 3.79 Å². The van der Waals surface area contributed by atoms with Crippen molar-refractivity contribution in [3.8, 4) is 11.3 Å². The van der Waals surface area contributed by atoms with Crippen LogP contribution in [-0.2, 0) is 0 Å². The molecule has 12 heavy (non-hydrogen) atoms. The molecule has 0 fully saturated rings. The maximum atomic E-state index is 4.26. The Morgan fingerprint density at radius 3 is 2.75 bits per heavy atom. The van der Waals surface area contributed by atoms with Crippen molar-refractivity contribution in [2.75, 3.05) is 0 Å². The van der Waals surface area contributed by atoms with Crippen molar-refractivity contribution in [1.29, 1.82) is 0 Å². The molecule has 0 amide bonds. The largest absolute Gasteiger partial charge is 0.196 e. The summed E-state index contributed by atoms with van der Waals surface area (Å²) in [5, 5.41) is 1.97. The van der Waals surface area contributed by atoms with Gasteiger partial charge in [0, 0.05) is 10.9 Å². The molecule has 0 spiro atoms. The fourth-order valence-electron chi connectivity index (χ4n) is 0.970. The molecule has 2 aromatic rings. The van der Waals surface area contributed by atoms with Crippen molar-refractivity contribution in [2.45, 2.75) is 6.92 Å². The molecule has 5 heteroatoms. The number of rotatable bonds is 1. The Bertz CT molecular complexity index is 361. The van der Waals surface area contributed by atoms with E-state index in [2.05, 4.69) is 24.7 Å². The SMILES string of the molecule is Cc1nsc(Br)c1-c1ccsn1. The van der Waals surface area contributed by atoms with Gasteiger partial charge in [0.25, 0.3) is 0 Å². The summed E-state index contributed by atoms with van der Waals surface area (Å²) in [5.74, 6) is 0. The minimum Gasteiger partial charge on any atom is -0.196 e. The minimum atomic E-state index is 1.01. The molecular weight excluding hydrogens is 256 g/mol. The first-order valence-corrected chi connectivity index (χ1v) is 5.72. The average Bonchev–Trinajstić information content (AvgIpc) is 2.61. The van der Waals surface area contributed by atoms with Crippen molar-refractivity contribution < 1.29 is 0 Å². The van der Waals surface area contributed by atoms with E-state index >= 15 is 0 Å². The Hall–Kier alpha value is -0.260. The Morgan fingerprint density at radius 2 is 2.25 bits per heavy atom. The van der Waals surface area contributed by atoms with Crippen LogP contribution in [0.5, 0.6) is 0 Å². The summed E-state index contributed by atoms with van der Waals surface area (Å²) in [4.78, 5) is 0. The van der Waals surface area contributed by atoms with Gasteiger partial charge in [-0.15, -0.1) is 0 Å². The van der Waals surface area contributed by atoms with Gasteiger partial charge in [0.15, 0.2) is 0 Å². The highest BCUT2D eigenvalue weighted by Gasteiger charge is 2.11. The minimum absolute atomic E-state index is 1.01. The van der Waals surface area contributed by atoms with Crippen LogP contribution in [0.25, 0.3) is 11.3 Å². The number of hydrogen-bond donors (Lipinski definition) is 0. The molecule has 0 aliphatic heterocycles. The summed E-state index contributed by atoms with van der Waals surface area (Å²) in [6.45, 7) is 2.00. The lowest BCUT2D eigenvalue weighted by atomic mass is 10.2. The standard InChI is InChI=1S/C7H5BrN2S2/c1-4-6(7(8)12-9-4)5-2-3-11-10-5/h2-3H,1H3. The molecule has 0 N–H and O–H groups in total. The first-order valence-electron chi connectivity index (χ1n) is 3.31. The van der Waals surface area contributed by atoms with Crippen LogP contribution in [0.3, 0.4) is 0 Å². The fourth-order valence-corrected chi connectivity index (χ4v) is 2.85. The Balaban J connectivity index is 2.60. The molecular formula is C7H5BrN2S2. The predicted octanol–water partition coefficient (Wildman–Crippen LogP) is 3.34. The van der Waals surface area contributed by atoms with Crippen LogP contribution in [0, 0.1) is 6.92 Å². The summed E-state index contributed by atoms with van der Waals surface area (Å²) < 4.78 is 9.55. The van der Waals surface area contributed by atoms with Crippen LogP contribution < -0.4 is 0 Å². The molecule has 0 aliphatic rings. The summed E-state index contributed by atoms with van der Waals surface area (Å²) in [6, 6.07) is 2.01. The second-order valence-corrected chi connectivity index (χ2v) is 5.06. The van der Waals surface area contributed by atoms with Gasteiger partial charge in [-0.05, 0) is 52.0 Å². The third-order valence-corrected chi connectivity index (χ3v) is 3.64. The van der Waals surface area contributed by atoms with E-state index in [0.29, 0.717) is 0 Å². The zero-order chi connectivity index (χ0) is 8.55. The quantitative estimate of drug-likeness (QED) is 0.786. The van der Waals surface area contributed by atoms with Gasteiger partial charge in [-0.25, -0.2) is 0 Å². The van der Waals surface area contributed by atoms with Crippen molar-refractivity contribution in [2.24, 2.45) is 0 Å². The van der Waals surface area contributed by atoms with Gasteiger partial charge in [-0.2, -0.15) is 8.75 Å². The lowest BCUT2D eigenvalue weighted by Crippen LogP contribution is -1.77. The van der Waals surface area contributed by atoms with E-state index in [1.165, 1.54) is 23.1 Å². The molecule has 0 aromatic carbocycles. The van der Waals surface area contributed by atoms with E-state index in [1.54, 1.807) is 0 Å². The van der Waals surface area contributed by atoms with Crippen LogP contribution in [0.15, 0.2) is 15.2 Å². The summed E-state index contributed by atoms with van der Waals surface area (Å²) in [7, 11) is 0. The third-order valence-electron chi connectivity index (χ3n) is 1.52. The van der Waals surface area contributed by atoms with Crippen LogP contribution in [0.2, 0.25) is 0 Å². The molecule has 0 saturated carbocycles. The lowest BCUT2D eigenvalue weighted by molar-refractivity contribution is 1.33. The zero-order valence-corrected chi connectivity index (χ0v) is 9.46. The molecule has 62 valence electrons. The van der Waals surface area contributed by atoms with Gasteiger partial charge in [0.2, 0.25) is 0 Å². The van der Waals surface area contributed by atoms with E-state index in [0.717, 1.165) is 20.7 Å². The first kappa shape index (κ1) is 8.34. The fraction of sp³-hybridized carbons (Fsp3) is 0.143. The normalized spacial score (nSPS) is 10.5. The van der Waals surface area contributed by atoms with E-state index in [9.17, 15) is 0 Å². The molecule has 0 radical (unpaired) electrons. The highest BCUT2D eigenvalue weighted by Crippen LogP contribution is 2.33. The molecule has 0 saturated heterocycles. The number of hydrogen-bond acceptors (Lipinski definition) is 4. The van der Waals surface area contributed by atoms with Crippen LogP contribution >= 0.6 is 39.0 Å². The molecule has 0 unspecified atom stereocenters. The maximum Gasteiger partial charge on any atom is 0.100 e. The second-order valence-electron chi connectivity index (χ2n) is 2.30. The Morgan fingerprint density at radius 1 is 1.42 bits per heavy atom. The average molecular weight is 261 g/mol. The molecule has 2 aromatic heterocycles. The summed E-state index contributed by atoms with van der Waals surface area (Å²) in [6.07, 6.45) is 0. The Labute approximate surface area is 86.7 Å². The number of aryl methyl sites for hydroxylation is 1. The molecule has 2 rings (SSSR count). The molecule has 0 bridgehead atoms. The molecule has 0 atom stereocenters. The predicted molar refractivity (Wildman–Crippen MR) is 55.7 cm³/mol. The van der Waals surface area contributed by atoms with Crippen molar-refractivity contribution in [3.05, 3.63) is 20.9 Å². The maximum absolute atomic E-state index is 4.26. The smallest absolute Gasteiger partial charge is 0.100 e. The molecule has 2 nitrogen and oxygen atoms in total. The van der Waals surface area contributed by atoms with Gasteiger partial charge >= 0.3 is 0 Å². The lowest BCUT2D eigenvalue weighted by Gasteiger charge is -1.92. The monoisotopic (exact) mass is 260 g/mol.